The van der Waals surface area contributed by atoms with Crippen molar-refractivity contribution in [3.63, 3.8) is 0 Å². The Kier molecular flexibility index (Phi) is 4.06. The fraction of sp³-hybridized carbons (Fsp3) is 0.143. The molecule has 0 amide bonds. The van der Waals surface area contributed by atoms with Gasteiger partial charge in [0, 0.05) is 0 Å². The van der Waals surface area contributed by atoms with Gasteiger partial charge in [-0.05, 0) is 42.8 Å². The highest BCUT2D eigenvalue weighted by atomic mass is 19.1. The Balaban J connectivity index is 2.33. The average molecular weight is 267 g/mol. The molecule has 0 saturated heterocycles. The first-order valence-electron chi connectivity index (χ1n) is 5.72. The number of halogens is 3. The zero-order chi connectivity index (χ0) is 13.8. The maximum absolute atomic E-state index is 13.7. The minimum atomic E-state index is -0.883. The smallest absolute Gasteiger partial charge is 0.198 e. The Bertz CT molecular complexity index is 564. The summed E-state index contributed by atoms with van der Waals surface area (Å²) in [6.07, 6.45) is 0.355. The number of hydrogen-bond donors (Lipinski definition) is 1. The lowest BCUT2D eigenvalue weighted by Crippen LogP contribution is -2.04. The van der Waals surface area contributed by atoms with E-state index in [2.05, 4.69) is 0 Å². The first kappa shape index (κ1) is 13.4. The number of ether oxygens (including phenoxy) is 1. The van der Waals surface area contributed by atoms with E-state index in [-0.39, 0.29) is 12.3 Å². The molecule has 0 aliphatic heterocycles. The first-order chi connectivity index (χ1) is 9.11. The second-order valence-corrected chi connectivity index (χ2v) is 3.96. The maximum atomic E-state index is 13.7. The number of para-hydroxylation sites is 1. The summed E-state index contributed by atoms with van der Waals surface area (Å²) >= 11 is 0. The summed E-state index contributed by atoms with van der Waals surface area (Å²) in [7, 11) is 0. The van der Waals surface area contributed by atoms with E-state index in [4.69, 9.17) is 10.5 Å². The molecule has 2 aromatic carbocycles. The summed E-state index contributed by atoms with van der Waals surface area (Å²) in [4.78, 5) is 0. The zero-order valence-corrected chi connectivity index (χ0v) is 10.00. The zero-order valence-electron chi connectivity index (χ0n) is 10.00. The average Bonchev–Trinajstić information content (AvgIpc) is 2.36. The molecule has 19 heavy (non-hydrogen) atoms. The van der Waals surface area contributed by atoms with Crippen LogP contribution >= 0.6 is 0 Å². The van der Waals surface area contributed by atoms with Gasteiger partial charge in [-0.25, -0.2) is 13.2 Å². The SMILES string of the molecule is NCCc1cc(F)c(Oc2ccccc2F)c(F)c1. The van der Waals surface area contributed by atoms with E-state index >= 15 is 0 Å². The Hall–Kier alpha value is -2.01. The van der Waals surface area contributed by atoms with Crippen LogP contribution in [0.1, 0.15) is 5.56 Å². The fourth-order valence-corrected chi connectivity index (χ4v) is 1.66. The van der Waals surface area contributed by atoms with Gasteiger partial charge in [-0.15, -0.1) is 0 Å². The standard InChI is InChI=1S/C14H12F3NO/c15-10-3-1-2-4-13(10)19-14-11(16)7-9(5-6-18)8-12(14)17/h1-4,7-8H,5-6,18H2. The van der Waals surface area contributed by atoms with Gasteiger partial charge in [-0.1, -0.05) is 12.1 Å². The molecule has 2 rings (SSSR count). The largest absolute Gasteiger partial charge is 0.448 e. The van der Waals surface area contributed by atoms with Crippen molar-refractivity contribution in [3.05, 3.63) is 59.4 Å². The molecule has 0 bridgehead atoms. The molecular weight excluding hydrogens is 255 g/mol. The minimum absolute atomic E-state index is 0.230. The van der Waals surface area contributed by atoms with Crippen LogP contribution in [0.4, 0.5) is 13.2 Å². The van der Waals surface area contributed by atoms with Gasteiger partial charge < -0.3 is 10.5 Å². The van der Waals surface area contributed by atoms with Crippen LogP contribution in [0.2, 0.25) is 0 Å². The van der Waals surface area contributed by atoms with Crippen molar-refractivity contribution in [2.24, 2.45) is 5.73 Å². The second kappa shape index (κ2) is 5.75. The van der Waals surface area contributed by atoms with Crippen LogP contribution in [-0.4, -0.2) is 6.54 Å². The molecule has 0 aromatic heterocycles. The van der Waals surface area contributed by atoms with Crippen molar-refractivity contribution in [2.75, 3.05) is 6.54 Å². The lowest BCUT2D eigenvalue weighted by molar-refractivity contribution is 0.386. The van der Waals surface area contributed by atoms with E-state index in [0.29, 0.717) is 12.0 Å². The molecule has 2 N–H and O–H groups in total. The van der Waals surface area contributed by atoms with Crippen molar-refractivity contribution >= 4 is 0 Å². The number of benzene rings is 2. The molecule has 2 aromatic rings. The first-order valence-corrected chi connectivity index (χ1v) is 5.72. The molecule has 0 aliphatic carbocycles. The predicted octanol–water partition coefficient (Wildman–Crippen LogP) is 3.40. The molecule has 5 heteroatoms. The molecule has 0 fully saturated rings. The van der Waals surface area contributed by atoms with Crippen LogP contribution in [-0.2, 0) is 6.42 Å². The minimum Gasteiger partial charge on any atom is -0.448 e. The van der Waals surface area contributed by atoms with Gasteiger partial charge >= 0.3 is 0 Å². The van der Waals surface area contributed by atoms with Gasteiger partial charge in [0.25, 0.3) is 0 Å². The van der Waals surface area contributed by atoms with Crippen LogP contribution in [0, 0.1) is 17.5 Å². The summed E-state index contributed by atoms with van der Waals surface area (Å²) in [5.74, 6) is -3.30. The number of nitrogens with two attached hydrogens (primary N) is 1. The highest BCUT2D eigenvalue weighted by Gasteiger charge is 2.15. The fourth-order valence-electron chi connectivity index (χ4n) is 1.66. The third-order valence-corrected chi connectivity index (χ3v) is 2.54. The lowest BCUT2D eigenvalue weighted by atomic mass is 10.1. The molecule has 0 heterocycles. The monoisotopic (exact) mass is 267 g/mol. The molecule has 0 saturated carbocycles. The molecule has 2 nitrogen and oxygen atoms in total. The van der Waals surface area contributed by atoms with E-state index in [1.165, 1.54) is 18.2 Å². The summed E-state index contributed by atoms with van der Waals surface area (Å²) in [5.41, 5.74) is 5.75. The normalized spacial score (nSPS) is 10.5. The Labute approximate surface area is 108 Å². The number of rotatable bonds is 4. The summed E-state index contributed by atoms with van der Waals surface area (Å²) in [5, 5.41) is 0. The molecule has 0 radical (unpaired) electrons. The highest BCUT2D eigenvalue weighted by molar-refractivity contribution is 5.36. The van der Waals surface area contributed by atoms with E-state index in [1.807, 2.05) is 0 Å². The van der Waals surface area contributed by atoms with Gasteiger partial charge in [0.2, 0.25) is 0 Å². The van der Waals surface area contributed by atoms with Crippen molar-refractivity contribution in [1.29, 1.82) is 0 Å². The van der Waals surface area contributed by atoms with Gasteiger partial charge in [-0.2, -0.15) is 0 Å². The van der Waals surface area contributed by atoms with Crippen molar-refractivity contribution in [1.82, 2.24) is 0 Å². The molecule has 0 unspecified atom stereocenters. The molecular formula is C14H12F3NO. The van der Waals surface area contributed by atoms with Crippen LogP contribution in [0.3, 0.4) is 0 Å². The number of hydrogen-bond acceptors (Lipinski definition) is 2. The van der Waals surface area contributed by atoms with Gasteiger partial charge in [0.05, 0.1) is 0 Å². The van der Waals surface area contributed by atoms with E-state index in [1.54, 1.807) is 0 Å². The van der Waals surface area contributed by atoms with Crippen LogP contribution in [0.5, 0.6) is 11.5 Å². The van der Waals surface area contributed by atoms with Crippen molar-refractivity contribution < 1.29 is 17.9 Å². The van der Waals surface area contributed by atoms with Gasteiger partial charge in [0.1, 0.15) is 0 Å². The van der Waals surface area contributed by atoms with Gasteiger partial charge in [0.15, 0.2) is 29.0 Å². The van der Waals surface area contributed by atoms with Crippen molar-refractivity contribution in [2.45, 2.75) is 6.42 Å². The Morgan fingerprint density at radius 2 is 1.58 bits per heavy atom. The Morgan fingerprint density at radius 3 is 2.16 bits per heavy atom. The summed E-state index contributed by atoms with van der Waals surface area (Å²) in [6, 6.07) is 7.67. The molecule has 0 spiro atoms. The lowest BCUT2D eigenvalue weighted by Gasteiger charge is -2.10. The van der Waals surface area contributed by atoms with E-state index in [0.717, 1.165) is 18.2 Å². The van der Waals surface area contributed by atoms with Gasteiger partial charge in [-0.3, -0.25) is 0 Å². The molecule has 0 aliphatic rings. The highest BCUT2D eigenvalue weighted by Crippen LogP contribution is 2.30. The van der Waals surface area contributed by atoms with E-state index in [9.17, 15) is 13.2 Å². The maximum Gasteiger partial charge on any atom is 0.198 e. The summed E-state index contributed by atoms with van der Waals surface area (Å²) < 4.78 is 45.7. The Morgan fingerprint density at radius 1 is 0.947 bits per heavy atom. The van der Waals surface area contributed by atoms with Crippen LogP contribution in [0.15, 0.2) is 36.4 Å². The third-order valence-electron chi connectivity index (χ3n) is 2.54. The molecule has 100 valence electrons. The molecule has 0 atom stereocenters. The predicted molar refractivity (Wildman–Crippen MR) is 65.6 cm³/mol. The summed E-state index contributed by atoms with van der Waals surface area (Å²) in [6.45, 7) is 0.284. The quantitative estimate of drug-likeness (QED) is 0.921. The third kappa shape index (κ3) is 3.06. The van der Waals surface area contributed by atoms with Crippen LogP contribution < -0.4 is 10.5 Å². The van der Waals surface area contributed by atoms with Crippen molar-refractivity contribution in [3.8, 4) is 11.5 Å². The van der Waals surface area contributed by atoms with Crippen LogP contribution in [0.25, 0.3) is 0 Å². The topological polar surface area (TPSA) is 35.2 Å². The van der Waals surface area contributed by atoms with E-state index < -0.39 is 23.2 Å². The second-order valence-electron chi connectivity index (χ2n) is 3.96.